The van der Waals surface area contributed by atoms with E-state index in [0.717, 1.165) is 5.56 Å². The molecule has 0 aromatic heterocycles. The minimum Gasteiger partial charge on any atom is -0.423 e. The molecular formula is C18H23NO3. The molecule has 1 amide bonds. The molecule has 0 radical (unpaired) electrons. The van der Waals surface area contributed by atoms with Crippen molar-refractivity contribution in [3.05, 3.63) is 48.1 Å². The molecule has 1 aromatic rings. The zero-order chi connectivity index (χ0) is 17.1. The van der Waals surface area contributed by atoms with Gasteiger partial charge in [0, 0.05) is 22.2 Å². The average molecular weight is 301 g/mol. The number of carbonyl (C=O) groups excluding carboxylic acids is 2. The van der Waals surface area contributed by atoms with Gasteiger partial charge in [0.1, 0.15) is 5.75 Å². The fraction of sp³-hybridized carbons (Fsp3) is 0.333. The quantitative estimate of drug-likeness (QED) is 0.527. The fourth-order valence-electron chi connectivity index (χ4n) is 1.69. The summed E-state index contributed by atoms with van der Waals surface area (Å²) in [4.78, 5) is 24.0. The van der Waals surface area contributed by atoms with E-state index in [4.69, 9.17) is 4.74 Å². The lowest BCUT2D eigenvalue weighted by atomic mass is 10.0. The average Bonchev–Trinajstić information content (AvgIpc) is 2.37. The predicted molar refractivity (Wildman–Crippen MR) is 88.6 cm³/mol. The molecule has 0 saturated heterocycles. The van der Waals surface area contributed by atoms with Gasteiger partial charge in [0.05, 0.1) is 0 Å². The minimum absolute atomic E-state index is 0.253. The van der Waals surface area contributed by atoms with E-state index >= 15 is 0 Å². The van der Waals surface area contributed by atoms with Crippen LogP contribution < -0.4 is 10.1 Å². The molecule has 0 aliphatic heterocycles. The second-order valence-electron chi connectivity index (χ2n) is 6.35. The highest BCUT2D eigenvalue weighted by Gasteiger charge is 2.20. The van der Waals surface area contributed by atoms with E-state index in [1.54, 1.807) is 25.1 Å². The van der Waals surface area contributed by atoms with E-state index in [9.17, 15) is 9.59 Å². The van der Waals surface area contributed by atoms with Crippen molar-refractivity contribution >= 4 is 17.4 Å². The highest BCUT2D eigenvalue weighted by atomic mass is 16.5. The Morgan fingerprint density at radius 1 is 1.18 bits per heavy atom. The maximum atomic E-state index is 12.3. The lowest BCUT2D eigenvalue weighted by Crippen LogP contribution is -2.40. The van der Waals surface area contributed by atoms with Gasteiger partial charge in [-0.3, -0.25) is 4.79 Å². The summed E-state index contributed by atoms with van der Waals surface area (Å²) in [6, 6.07) is 5.23. The number of aryl methyl sites for hydroxylation is 1. The second-order valence-corrected chi connectivity index (χ2v) is 6.35. The Morgan fingerprint density at radius 2 is 1.77 bits per heavy atom. The Hall–Kier alpha value is -2.36. The van der Waals surface area contributed by atoms with Crippen LogP contribution in [0.5, 0.6) is 5.75 Å². The van der Waals surface area contributed by atoms with Gasteiger partial charge in [0.2, 0.25) is 0 Å². The van der Waals surface area contributed by atoms with Gasteiger partial charge in [-0.05, 0) is 46.8 Å². The van der Waals surface area contributed by atoms with Crippen molar-refractivity contribution in [3.8, 4) is 5.75 Å². The van der Waals surface area contributed by atoms with Gasteiger partial charge >= 0.3 is 5.97 Å². The topological polar surface area (TPSA) is 55.4 Å². The molecule has 0 heterocycles. The van der Waals surface area contributed by atoms with Crippen LogP contribution in [0.2, 0.25) is 0 Å². The maximum Gasteiger partial charge on any atom is 0.338 e. The van der Waals surface area contributed by atoms with E-state index in [2.05, 4.69) is 18.5 Å². The molecule has 118 valence electrons. The van der Waals surface area contributed by atoms with Crippen LogP contribution in [0.15, 0.2) is 36.9 Å². The summed E-state index contributed by atoms with van der Waals surface area (Å²) in [5, 5.41) is 2.84. The van der Waals surface area contributed by atoms with Gasteiger partial charge in [-0.1, -0.05) is 24.8 Å². The first-order chi connectivity index (χ1) is 10.0. The normalized spacial score (nSPS) is 10.8. The molecule has 0 unspecified atom stereocenters. The SMILES string of the molecule is C=C(C)C(=O)Oc1ccc(C)cc1C(=C)C(=O)NC(C)(C)C. The smallest absolute Gasteiger partial charge is 0.338 e. The highest BCUT2D eigenvalue weighted by Crippen LogP contribution is 2.27. The van der Waals surface area contributed by atoms with Gasteiger partial charge in [0.15, 0.2) is 0 Å². The standard InChI is InChI=1S/C18H23NO3/c1-11(2)17(21)22-15-9-8-12(3)10-14(15)13(4)16(20)19-18(5,6)7/h8-10H,1,4H2,2-3,5-7H3,(H,19,20). The molecule has 0 fully saturated rings. The van der Waals surface area contributed by atoms with Gasteiger partial charge < -0.3 is 10.1 Å². The third-order valence-electron chi connectivity index (χ3n) is 2.77. The molecule has 4 heteroatoms. The number of carbonyl (C=O) groups is 2. The summed E-state index contributed by atoms with van der Waals surface area (Å²) in [5.74, 6) is -0.535. The number of ether oxygens (including phenoxy) is 1. The summed E-state index contributed by atoms with van der Waals surface area (Å²) < 4.78 is 5.28. The number of hydrogen-bond donors (Lipinski definition) is 1. The van der Waals surface area contributed by atoms with Crippen molar-refractivity contribution in [1.82, 2.24) is 5.32 Å². The van der Waals surface area contributed by atoms with E-state index in [1.165, 1.54) is 0 Å². The van der Waals surface area contributed by atoms with Crippen LogP contribution in [0.3, 0.4) is 0 Å². The Bertz CT molecular complexity index is 636. The lowest BCUT2D eigenvalue weighted by molar-refractivity contribution is -0.130. The zero-order valence-electron chi connectivity index (χ0n) is 13.9. The Balaban J connectivity index is 3.14. The van der Waals surface area contributed by atoms with Crippen LogP contribution in [0.4, 0.5) is 0 Å². The van der Waals surface area contributed by atoms with Crippen molar-refractivity contribution in [2.75, 3.05) is 0 Å². The predicted octanol–water partition coefficient (Wildman–Crippen LogP) is 3.40. The van der Waals surface area contributed by atoms with Crippen LogP contribution in [-0.2, 0) is 9.59 Å². The maximum absolute atomic E-state index is 12.3. The van der Waals surface area contributed by atoms with Crippen molar-refractivity contribution in [2.24, 2.45) is 0 Å². The first-order valence-corrected chi connectivity index (χ1v) is 7.01. The first kappa shape index (κ1) is 17.7. The van der Waals surface area contributed by atoms with E-state index in [0.29, 0.717) is 11.3 Å². The molecule has 22 heavy (non-hydrogen) atoms. The molecule has 1 aromatic carbocycles. The highest BCUT2D eigenvalue weighted by molar-refractivity contribution is 6.19. The Kier molecular flexibility index (Phi) is 5.31. The molecular weight excluding hydrogens is 278 g/mol. The number of amides is 1. The summed E-state index contributed by atoms with van der Waals surface area (Å²) in [6.45, 7) is 16.5. The van der Waals surface area contributed by atoms with E-state index in [1.807, 2.05) is 27.7 Å². The van der Waals surface area contributed by atoms with Crippen molar-refractivity contribution in [3.63, 3.8) is 0 Å². The van der Waals surface area contributed by atoms with Crippen molar-refractivity contribution in [1.29, 1.82) is 0 Å². The molecule has 0 atom stereocenters. The van der Waals surface area contributed by atoms with Crippen LogP contribution in [0.1, 0.15) is 38.8 Å². The third kappa shape index (κ3) is 4.88. The summed E-state index contributed by atoms with van der Waals surface area (Å²) in [5.41, 5.74) is 1.60. The Morgan fingerprint density at radius 3 is 2.27 bits per heavy atom. The first-order valence-electron chi connectivity index (χ1n) is 7.01. The molecule has 0 saturated carbocycles. The number of benzene rings is 1. The van der Waals surface area contributed by atoms with Crippen LogP contribution in [0, 0.1) is 6.92 Å². The van der Waals surface area contributed by atoms with Gasteiger partial charge in [-0.25, -0.2) is 4.79 Å². The lowest BCUT2D eigenvalue weighted by Gasteiger charge is -2.22. The van der Waals surface area contributed by atoms with Crippen molar-refractivity contribution < 1.29 is 14.3 Å². The monoisotopic (exact) mass is 301 g/mol. The summed E-state index contributed by atoms with van der Waals surface area (Å²) in [6.07, 6.45) is 0. The van der Waals surface area contributed by atoms with E-state index in [-0.39, 0.29) is 22.6 Å². The van der Waals surface area contributed by atoms with Crippen LogP contribution in [0.25, 0.3) is 5.57 Å². The molecule has 0 spiro atoms. The molecule has 1 rings (SSSR count). The van der Waals surface area contributed by atoms with Gasteiger partial charge in [-0.2, -0.15) is 0 Å². The summed E-state index contributed by atoms with van der Waals surface area (Å²) in [7, 11) is 0. The molecule has 4 nitrogen and oxygen atoms in total. The zero-order valence-corrected chi connectivity index (χ0v) is 13.9. The minimum atomic E-state index is -0.533. The summed E-state index contributed by atoms with van der Waals surface area (Å²) >= 11 is 0. The fourth-order valence-corrected chi connectivity index (χ4v) is 1.69. The number of rotatable bonds is 4. The number of hydrogen-bond acceptors (Lipinski definition) is 3. The molecule has 0 aliphatic rings. The van der Waals surface area contributed by atoms with Gasteiger partial charge in [0.25, 0.3) is 5.91 Å². The molecule has 1 N–H and O–H groups in total. The van der Waals surface area contributed by atoms with Crippen LogP contribution >= 0.6 is 0 Å². The second kappa shape index (κ2) is 6.60. The molecule has 0 aliphatic carbocycles. The van der Waals surface area contributed by atoms with Crippen LogP contribution in [-0.4, -0.2) is 17.4 Å². The van der Waals surface area contributed by atoms with Gasteiger partial charge in [-0.15, -0.1) is 0 Å². The van der Waals surface area contributed by atoms with E-state index < -0.39 is 5.97 Å². The number of nitrogens with one attached hydrogen (secondary N) is 1. The molecule has 0 bridgehead atoms. The largest absolute Gasteiger partial charge is 0.423 e. The third-order valence-corrected chi connectivity index (χ3v) is 2.77. The number of esters is 1. The van der Waals surface area contributed by atoms with Crippen molar-refractivity contribution in [2.45, 2.75) is 40.2 Å². The Labute approximate surface area is 131 Å².